The van der Waals surface area contributed by atoms with E-state index in [1.807, 2.05) is 39.8 Å². The number of benzene rings is 1. The average Bonchev–Trinajstić information content (AvgIpc) is 2.43. The second kappa shape index (κ2) is 11.5. The van der Waals surface area contributed by atoms with Crippen molar-refractivity contribution >= 4 is 53.1 Å². The molecule has 1 amide bonds. The zero-order valence-electron chi connectivity index (χ0n) is 14.1. The molecule has 0 spiro atoms. The summed E-state index contributed by atoms with van der Waals surface area (Å²) in [6.45, 7) is 9.18. The summed E-state index contributed by atoms with van der Waals surface area (Å²) in [7, 11) is 0. The van der Waals surface area contributed by atoms with Crippen molar-refractivity contribution < 1.29 is 4.79 Å². The fourth-order valence-corrected chi connectivity index (χ4v) is 1.99. The van der Waals surface area contributed by atoms with Crippen LogP contribution >= 0.6 is 35.6 Å². The molecule has 23 heavy (non-hydrogen) atoms. The van der Waals surface area contributed by atoms with E-state index in [1.54, 1.807) is 6.07 Å². The van der Waals surface area contributed by atoms with E-state index in [0.717, 1.165) is 23.8 Å². The quantitative estimate of drug-likeness (QED) is 0.351. The fourth-order valence-electron chi connectivity index (χ4n) is 1.82. The summed E-state index contributed by atoms with van der Waals surface area (Å²) in [6, 6.07) is 5.75. The second-order valence-corrected chi connectivity index (χ2v) is 5.68. The van der Waals surface area contributed by atoms with E-state index in [0.29, 0.717) is 24.0 Å². The lowest BCUT2D eigenvalue weighted by Crippen LogP contribution is -2.41. The van der Waals surface area contributed by atoms with Gasteiger partial charge in [-0.3, -0.25) is 9.79 Å². The van der Waals surface area contributed by atoms with Crippen molar-refractivity contribution in [2.24, 2.45) is 4.99 Å². The molecule has 1 aromatic rings. The Kier molecular flexibility index (Phi) is 11.0. The normalized spacial score (nSPS) is 11.0. The van der Waals surface area contributed by atoms with Gasteiger partial charge in [-0.1, -0.05) is 17.7 Å². The molecule has 0 aliphatic rings. The Bertz CT molecular complexity index is 535. The number of carbonyl (C=O) groups excluding carboxylic acids is 1. The van der Waals surface area contributed by atoms with Crippen LogP contribution in [0.15, 0.2) is 23.2 Å². The highest BCUT2D eigenvalue weighted by molar-refractivity contribution is 14.0. The lowest BCUT2D eigenvalue weighted by molar-refractivity contribution is -0.116. The molecule has 3 N–H and O–H groups in total. The second-order valence-electron chi connectivity index (χ2n) is 5.27. The van der Waals surface area contributed by atoms with E-state index >= 15 is 0 Å². The number of nitrogens with zero attached hydrogens (tertiary/aromatic N) is 1. The number of aliphatic imine (C=N–C) groups is 1. The van der Waals surface area contributed by atoms with Crippen LogP contribution in [0.2, 0.25) is 5.02 Å². The molecular formula is C16H26ClIN4O. The topological polar surface area (TPSA) is 65.5 Å². The number of hydrogen-bond donors (Lipinski definition) is 3. The van der Waals surface area contributed by atoms with Gasteiger partial charge in [0.1, 0.15) is 0 Å². The van der Waals surface area contributed by atoms with Crippen LogP contribution in [0, 0.1) is 6.92 Å². The van der Waals surface area contributed by atoms with Gasteiger partial charge in [0.05, 0.1) is 6.54 Å². The van der Waals surface area contributed by atoms with Gasteiger partial charge in [0, 0.05) is 29.7 Å². The minimum Gasteiger partial charge on any atom is -0.357 e. The van der Waals surface area contributed by atoms with Gasteiger partial charge in [-0.05, 0) is 45.4 Å². The van der Waals surface area contributed by atoms with Gasteiger partial charge in [0.15, 0.2) is 5.96 Å². The van der Waals surface area contributed by atoms with Crippen molar-refractivity contribution in [3.63, 3.8) is 0 Å². The standard InChI is InChI=1S/C16H25ClN4O.HI/c1-5-18-16(20-11(2)3)19-10-9-15(22)21-14-8-6-7-13(17)12(14)4;/h6-8,11H,5,9-10H2,1-4H3,(H,21,22)(H2,18,19,20);1H. The van der Waals surface area contributed by atoms with E-state index < -0.39 is 0 Å². The Morgan fingerprint density at radius 1 is 1.35 bits per heavy atom. The maximum Gasteiger partial charge on any atom is 0.226 e. The van der Waals surface area contributed by atoms with Crippen molar-refractivity contribution in [2.45, 2.75) is 40.2 Å². The summed E-state index contributed by atoms with van der Waals surface area (Å²) in [5.74, 6) is 0.652. The zero-order valence-corrected chi connectivity index (χ0v) is 17.2. The van der Waals surface area contributed by atoms with Crippen molar-refractivity contribution in [2.75, 3.05) is 18.4 Å². The molecule has 0 aliphatic heterocycles. The minimum absolute atomic E-state index is 0. The minimum atomic E-state index is -0.0745. The predicted molar refractivity (Wildman–Crippen MR) is 109 cm³/mol. The molecule has 0 radical (unpaired) electrons. The Morgan fingerprint density at radius 2 is 2.04 bits per heavy atom. The first-order valence-electron chi connectivity index (χ1n) is 7.53. The Hall–Kier alpha value is -1.02. The van der Waals surface area contributed by atoms with Crippen LogP contribution in [0.4, 0.5) is 5.69 Å². The van der Waals surface area contributed by atoms with E-state index in [1.165, 1.54) is 0 Å². The van der Waals surface area contributed by atoms with E-state index in [-0.39, 0.29) is 29.9 Å². The van der Waals surface area contributed by atoms with Crippen molar-refractivity contribution in [1.29, 1.82) is 0 Å². The zero-order chi connectivity index (χ0) is 16.5. The van der Waals surface area contributed by atoms with Gasteiger partial charge in [0.25, 0.3) is 0 Å². The highest BCUT2D eigenvalue weighted by Gasteiger charge is 2.07. The molecule has 130 valence electrons. The molecule has 0 unspecified atom stereocenters. The first-order chi connectivity index (χ1) is 10.4. The molecule has 0 aliphatic carbocycles. The third-order valence-corrected chi connectivity index (χ3v) is 3.33. The third kappa shape index (κ3) is 8.41. The first kappa shape index (κ1) is 22.0. The molecule has 7 heteroatoms. The van der Waals surface area contributed by atoms with Crippen LogP contribution in [0.3, 0.4) is 0 Å². The van der Waals surface area contributed by atoms with Crippen LogP contribution in [-0.4, -0.2) is 31.0 Å². The monoisotopic (exact) mass is 452 g/mol. The van der Waals surface area contributed by atoms with Crippen LogP contribution in [0.1, 0.15) is 32.8 Å². The molecule has 1 aromatic carbocycles. The number of rotatable bonds is 6. The number of halogens is 2. The summed E-state index contributed by atoms with van der Waals surface area (Å²) in [4.78, 5) is 16.4. The molecule has 0 atom stereocenters. The summed E-state index contributed by atoms with van der Waals surface area (Å²) >= 11 is 6.04. The highest BCUT2D eigenvalue weighted by Crippen LogP contribution is 2.22. The number of carbonyl (C=O) groups is 1. The number of anilines is 1. The van der Waals surface area contributed by atoms with Crippen LogP contribution in [-0.2, 0) is 4.79 Å². The maximum atomic E-state index is 12.0. The third-order valence-electron chi connectivity index (χ3n) is 2.92. The summed E-state index contributed by atoms with van der Waals surface area (Å²) < 4.78 is 0. The number of amides is 1. The molecule has 0 saturated carbocycles. The first-order valence-corrected chi connectivity index (χ1v) is 7.91. The van der Waals surface area contributed by atoms with Gasteiger partial charge in [-0.2, -0.15) is 0 Å². The predicted octanol–water partition coefficient (Wildman–Crippen LogP) is 3.56. The van der Waals surface area contributed by atoms with E-state index in [9.17, 15) is 4.79 Å². The number of nitrogens with one attached hydrogen (secondary N) is 3. The van der Waals surface area contributed by atoms with Gasteiger partial charge in [0.2, 0.25) is 5.91 Å². The molecule has 1 rings (SSSR count). The Morgan fingerprint density at radius 3 is 2.65 bits per heavy atom. The van der Waals surface area contributed by atoms with Gasteiger partial charge in [-0.25, -0.2) is 0 Å². The molecular weight excluding hydrogens is 427 g/mol. The number of guanidine groups is 1. The highest BCUT2D eigenvalue weighted by atomic mass is 127. The molecule has 5 nitrogen and oxygen atoms in total. The van der Waals surface area contributed by atoms with Gasteiger partial charge < -0.3 is 16.0 Å². The van der Waals surface area contributed by atoms with Gasteiger partial charge >= 0.3 is 0 Å². The Labute approximate surface area is 160 Å². The average molecular weight is 453 g/mol. The summed E-state index contributed by atoms with van der Waals surface area (Å²) in [5.41, 5.74) is 1.62. The molecule has 0 bridgehead atoms. The van der Waals surface area contributed by atoms with Crippen LogP contribution in [0.25, 0.3) is 0 Å². The molecule has 0 aromatic heterocycles. The van der Waals surface area contributed by atoms with Gasteiger partial charge in [-0.15, -0.1) is 24.0 Å². The Balaban J connectivity index is 0.00000484. The van der Waals surface area contributed by atoms with E-state index in [2.05, 4.69) is 20.9 Å². The fraction of sp³-hybridized carbons (Fsp3) is 0.500. The molecule has 0 saturated heterocycles. The molecule has 0 fully saturated rings. The molecule has 0 heterocycles. The summed E-state index contributed by atoms with van der Waals surface area (Å²) in [5, 5.41) is 9.86. The lowest BCUT2D eigenvalue weighted by atomic mass is 10.2. The summed E-state index contributed by atoms with van der Waals surface area (Å²) in [6.07, 6.45) is 0.320. The smallest absolute Gasteiger partial charge is 0.226 e. The van der Waals surface area contributed by atoms with Crippen LogP contribution < -0.4 is 16.0 Å². The maximum absolute atomic E-state index is 12.0. The van der Waals surface area contributed by atoms with Crippen molar-refractivity contribution in [3.8, 4) is 0 Å². The number of hydrogen-bond acceptors (Lipinski definition) is 2. The van der Waals surface area contributed by atoms with Crippen molar-refractivity contribution in [1.82, 2.24) is 10.6 Å². The van der Waals surface area contributed by atoms with Crippen LogP contribution in [0.5, 0.6) is 0 Å². The lowest BCUT2D eigenvalue weighted by Gasteiger charge is -2.14. The van der Waals surface area contributed by atoms with E-state index in [4.69, 9.17) is 11.6 Å². The van der Waals surface area contributed by atoms with Crippen molar-refractivity contribution in [3.05, 3.63) is 28.8 Å². The SMILES string of the molecule is CCNC(=NCCC(=O)Nc1cccc(Cl)c1C)NC(C)C.I. The largest absolute Gasteiger partial charge is 0.357 e.